The standard InChI is InChI=1S/C15H16N6O3/c16-12-2-1-11(9-13(12)21(23)24)15(22)20-7-5-19(6-8-20)14-10-17-3-4-18-14/h1-4,9-10H,5-8,16H2. The number of amides is 1. The van der Waals surface area contributed by atoms with Gasteiger partial charge in [0, 0.05) is 50.2 Å². The van der Waals surface area contributed by atoms with Crippen molar-refractivity contribution < 1.29 is 9.72 Å². The lowest BCUT2D eigenvalue weighted by Crippen LogP contribution is -2.49. The summed E-state index contributed by atoms with van der Waals surface area (Å²) in [6.07, 6.45) is 4.92. The van der Waals surface area contributed by atoms with E-state index >= 15 is 0 Å². The molecule has 0 unspecified atom stereocenters. The molecule has 124 valence electrons. The van der Waals surface area contributed by atoms with E-state index in [1.165, 1.54) is 18.2 Å². The van der Waals surface area contributed by atoms with Crippen molar-refractivity contribution in [3.05, 3.63) is 52.5 Å². The molecule has 1 aromatic heterocycles. The van der Waals surface area contributed by atoms with E-state index in [1.807, 2.05) is 4.90 Å². The Morgan fingerprint density at radius 2 is 1.96 bits per heavy atom. The van der Waals surface area contributed by atoms with Crippen molar-refractivity contribution in [1.82, 2.24) is 14.9 Å². The molecule has 1 aromatic carbocycles. The first-order chi connectivity index (χ1) is 11.6. The molecule has 1 amide bonds. The van der Waals surface area contributed by atoms with Crippen LogP contribution in [0.4, 0.5) is 17.2 Å². The molecule has 0 radical (unpaired) electrons. The molecule has 2 N–H and O–H groups in total. The van der Waals surface area contributed by atoms with Gasteiger partial charge >= 0.3 is 0 Å². The number of carbonyl (C=O) groups excluding carboxylic acids is 1. The molecule has 3 rings (SSSR count). The van der Waals surface area contributed by atoms with Crippen LogP contribution < -0.4 is 10.6 Å². The number of nitrogens with zero attached hydrogens (tertiary/aromatic N) is 5. The van der Waals surface area contributed by atoms with Gasteiger partial charge in [-0.15, -0.1) is 0 Å². The Kier molecular flexibility index (Phi) is 4.23. The lowest BCUT2D eigenvalue weighted by molar-refractivity contribution is -0.383. The van der Waals surface area contributed by atoms with Crippen molar-refractivity contribution in [3.8, 4) is 0 Å². The SMILES string of the molecule is Nc1ccc(C(=O)N2CCN(c3cnccn3)CC2)cc1[N+](=O)[O-]. The summed E-state index contributed by atoms with van der Waals surface area (Å²) in [6.45, 7) is 2.27. The molecule has 0 saturated carbocycles. The van der Waals surface area contributed by atoms with Crippen LogP contribution in [-0.4, -0.2) is 51.9 Å². The van der Waals surface area contributed by atoms with Crippen molar-refractivity contribution in [1.29, 1.82) is 0 Å². The molecule has 1 aliphatic rings. The lowest BCUT2D eigenvalue weighted by atomic mass is 10.1. The third-order valence-electron chi connectivity index (χ3n) is 3.91. The van der Waals surface area contributed by atoms with Gasteiger partial charge in [-0.25, -0.2) is 4.98 Å². The Hall–Kier alpha value is -3.23. The zero-order valence-electron chi connectivity index (χ0n) is 12.8. The third kappa shape index (κ3) is 3.09. The normalized spacial score (nSPS) is 14.5. The summed E-state index contributed by atoms with van der Waals surface area (Å²) in [6, 6.07) is 4.13. The number of nitro groups is 1. The van der Waals surface area contributed by atoms with Crippen LogP contribution in [0.15, 0.2) is 36.8 Å². The monoisotopic (exact) mass is 328 g/mol. The van der Waals surface area contributed by atoms with Crippen LogP contribution in [0.1, 0.15) is 10.4 Å². The molecule has 2 heterocycles. The Morgan fingerprint density at radius 1 is 1.21 bits per heavy atom. The molecule has 2 aromatic rings. The summed E-state index contributed by atoms with van der Waals surface area (Å²) in [5, 5.41) is 11.0. The molecule has 0 spiro atoms. The highest BCUT2D eigenvalue weighted by atomic mass is 16.6. The van der Waals surface area contributed by atoms with Crippen molar-refractivity contribution >= 4 is 23.1 Å². The predicted octanol–water partition coefficient (Wildman–Crippen LogP) is 0.929. The fraction of sp³-hybridized carbons (Fsp3) is 0.267. The van der Waals surface area contributed by atoms with Gasteiger partial charge in [0.05, 0.1) is 11.1 Å². The minimum absolute atomic E-state index is 0.0454. The van der Waals surface area contributed by atoms with E-state index in [-0.39, 0.29) is 22.8 Å². The lowest BCUT2D eigenvalue weighted by Gasteiger charge is -2.35. The van der Waals surface area contributed by atoms with E-state index < -0.39 is 4.92 Å². The molecule has 1 aliphatic heterocycles. The summed E-state index contributed by atoms with van der Waals surface area (Å²) in [7, 11) is 0. The van der Waals surface area contributed by atoms with Crippen LogP contribution in [0.25, 0.3) is 0 Å². The van der Waals surface area contributed by atoms with Gasteiger partial charge in [0.2, 0.25) is 0 Å². The van der Waals surface area contributed by atoms with Gasteiger partial charge in [-0.1, -0.05) is 0 Å². The predicted molar refractivity (Wildman–Crippen MR) is 87.7 cm³/mol. The summed E-state index contributed by atoms with van der Waals surface area (Å²) < 4.78 is 0. The number of aromatic nitrogens is 2. The highest BCUT2D eigenvalue weighted by Crippen LogP contribution is 2.23. The topological polar surface area (TPSA) is 118 Å². The number of nitrogen functional groups attached to an aromatic ring is 1. The average Bonchev–Trinajstić information content (AvgIpc) is 2.62. The van der Waals surface area contributed by atoms with E-state index in [9.17, 15) is 14.9 Å². The molecule has 1 saturated heterocycles. The number of anilines is 2. The summed E-state index contributed by atoms with van der Waals surface area (Å²) in [4.78, 5) is 34.9. The minimum Gasteiger partial charge on any atom is -0.393 e. The molecular formula is C15H16N6O3. The Morgan fingerprint density at radius 3 is 2.58 bits per heavy atom. The second kappa shape index (κ2) is 6.49. The summed E-state index contributed by atoms with van der Waals surface area (Å²) in [5.74, 6) is 0.532. The fourth-order valence-corrected chi connectivity index (χ4v) is 2.61. The molecule has 0 bridgehead atoms. The molecule has 1 fully saturated rings. The molecule has 24 heavy (non-hydrogen) atoms. The van der Waals surface area contributed by atoms with Gasteiger partial charge in [-0.05, 0) is 12.1 Å². The minimum atomic E-state index is -0.585. The van der Waals surface area contributed by atoms with Crippen LogP contribution in [0.2, 0.25) is 0 Å². The number of nitro benzene ring substituents is 1. The van der Waals surface area contributed by atoms with E-state index in [4.69, 9.17) is 5.73 Å². The maximum absolute atomic E-state index is 12.5. The van der Waals surface area contributed by atoms with E-state index in [0.29, 0.717) is 26.2 Å². The summed E-state index contributed by atoms with van der Waals surface area (Å²) >= 11 is 0. The first-order valence-corrected chi connectivity index (χ1v) is 7.40. The first-order valence-electron chi connectivity index (χ1n) is 7.40. The number of carbonyl (C=O) groups is 1. The van der Waals surface area contributed by atoms with Gasteiger partial charge in [0.1, 0.15) is 11.5 Å². The van der Waals surface area contributed by atoms with E-state index in [2.05, 4.69) is 9.97 Å². The van der Waals surface area contributed by atoms with Crippen molar-refractivity contribution in [2.45, 2.75) is 0 Å². The van der Waals surface area contributed by atoms with E-state index in [0.717, 1.165) is 5.82 Å². The molecule has 0 atom stereocenters. The number of piperazine rings is 1. The molecule has 9 nitrogen and oxygen atoms in total. The van der Waals surface area contributed by atoms with Crippen LogP contribution in [-0.2, 0) is 0 Å². The zero-order valence-corrected chi connectivity index (χ0v) is 12.8. The molecule has 9 heteroatoms. The largest absolute Gasteiger partial charge is 0.393 e. The zero-order chi connectivity index (χ0) is 17.1. The second-order valence-electron chi connectivity index (χ2n) is 5.37. The quantitative estimate of drug-likeness (QED) is 0.505. The number of nitrogens with two attached hydrogens (primary N) is 1. The van der Waals surface area contributed by atoms with Crippen LogP contribution in [0.5, 0.6) is 0 Å². The van der Waals surface area contributed by atoms with Crippen molar-refractivity contribution in [3.63, 3.8) is 0 Å². The Labute approximate surface area is 137 Å². The van der Waals surface area contributed by atoms with Crippen molar-refractivity contribution in [2.24, 2.45) is 0 Å². The van der Waals surface area contributed by atoms with Crippen LogP contribution >= 0.6 is 0 Å². The maximum atomic E-state index is 12.5. The summed E-state index contributed by atoms with van der Waals surface area (Å²) in [5.41, 5.74) is 5.63. The van der Waals surface area contributed by atoms with Gasteiger partial charge in [0.15, 0.2) is 0 Å². The highest BCUT2D eigenvalue weighted by molar-refractivity contribution is 5.95. The van der Waals surface area contributed by atoms with Crippen molar-refractivity contribution in [2.75, 3.05) is 36.8 Å². The number of hydrogen-bond donors (Lipinski definition) is 1. The van der Waals surface area contributed by atoms with Gasteiger partial charge in [-0.2, -0.15) is 0 Å². The van der Waals surface area contributed by atoms with Crippen LogP contribution in [0, 0.1) is 10.1 Å². The smallest absolute Gasteiger partial charge is 0.292 e. The Balaban J connectivity index is 1.69. The van der Waals surface area contributed by atoms with Gasteiger partial charge in [-0.3, -0.25) is 19.9 Å². The van der Waals surface area contributed by atoms with Crippen LogP contribution in [0.3, 0.4) is 0 Å². The fourth-order valence-electron chi connectivity index (χ4n) is 2.61. The maximum Gasteiger partial charge on any atom is 0.292 e. The van der Waals surface area contributed by atoms with Gasteiger partial charge < -0.3 is 15.5 Å². The van der Waals surface area contributed by atoms with Gasteiger partial charge in [0.25, 0.3) is 11.6 Å². The molecule has 0 aliphatic carbocycles. The number of benzene rings is 1. The number of rotatable bonds is 3. The first kappa shape index (κ1) is 15.7. The second-order valence-corrected chi connectivity index (χ2v) is 5.37. The van der Waals surface area contributed by atoms with E-state index in [1.54, 1.807) is 23.5 Å². The Bertz CT molecular complexity index is 759. The highest BCUT2D eigenvalue weighted by Gasteiger charge is 2.24. The average molecular weight is 328 g/mol. The third-order valence-corrected chi connectivity index (χ3v) is 3.91. The number of hydrogen-bond acceptors (Lipinski definition) is 7. The molecular weight excluding hydrogens is 312 g/mol.